The van der Waals surface area contributed by atoms with Crippen LogP contribution < -0.4 is 0 Å². The van der Waals surface area contributed by atoms with Crippen LogP contribution in [0.4, 0.5) is 0 Å². The fourth-order valence-electron chi connectivity index (χ4n) is 2.08. The SMILES string of the molecule is CCC(O)(c1ccccc1)c1ccsc1C. The maximum absolute atomic E-state index is 10.8. The monoisotopic (exact) mass is 232 g/mol. The molecule has 0 radical (unpaired) electrons. The summed E-state index contributed by atoms with van der Waals surface area (Å²) in [5.41, 5.74) is 1.16. The van der Waals surface area contributed by atoms with Gasteiger partial charge in [0.2, 0.25) is 0 Å². The molecule has 0 aliphatic heterocycles. The third-order valence-corrected chi connectivity index (χ3v) is 3.91. The minimum atomic E-state index is -0.842. The quantitative estimate of drug-likeness (QED) is 0.855. The Morgan fingerprint density at radius 1 is 1.19 bits per heavy atom. The molecule has 0 bridgehead atoms. The van der Waals surface area contributed by atoms with Crippen LogP contribution in [0.3, 0.4) is 0 Å². The molecule has 0 saturated carbocycles. The van der Waals surface area contributed by atoms with E-state index >= 15 is 0 Å². The van der Waals surface area contributed by atoms with Crippen LogP contribution in [0.15, 0.2) is 41.8 Å². The fraction of sp³-hybridized carbons (Fsp3) is 0.286. The minimum absolute atomic E-state index is 0.689. The predicted octanol–water partition coefficient (Wildman–Crippen LogP) is 3.70. The molecule has 1 atom stereocenters. The smallest absolute Gasteiger partial charge is 0.115 e. The van der Waals surface area contributed by atoms with Gasteiger partial charge < -0.3 is 5.11 Å². The highest BCUT2D eigenvalue weighted by atomic mass is 32.1. The second-order valence-corrected chi connectivity index (χ2v) is 5.09. The molecule has 0 saturated heterocycles. The molecule has 0 fully saturated rings. The first kappa shape index (κ1) is 11.4. The molecule has 0 aliphatic carbocycles. The Morgan fingerprint density at radius 2 is 1.88 bits per heavy atom. The first-order chi connectivity index (χ1) is 7.68. The molecule has 0 aliphatic rings. The molecular formula is C14H16OS. The zero-order valence-corrected chi connectivity index (χ0v) is 10.4. The topological polar surface area (TPSA) is 20.2 Å². The van der Waals surface area contributed by atoms with Gasteiger partial charge in [-0.1, -0.05) is 37.3 Å². The van der Waals surface area contributed by atoms with Gasteiger partial charge in [0.1, 0.15) is 5.60 Å². The molecule has 2 heteroatoms. The predicted molar refractivity (Wildman–Crippen MR) is 68.8 cm³/mol. The number of hydrogen-bond donors (Lipinski definition) is 1. The molecule has 2 rings (SSSR count). The highest BCUT2D eigenvalue weighted by molar-refractivity contribution is 7.10. The molecule has 1 aromatic heterocycles. The van der Waals surface area contributed by atoms with Crippen molar-refractivity contribution in [3.8, 4) is 0 Å². The van der Waals surface area contributed by atoms with Crippen LogP contribution in [-0.2, 0) is 5.60 Å². The lowest BCUT2D eigenvalue weighted by atomic mass is 9.84. The number of thiophene rings is 1. The highest BCUT2D eigenvalue weighted by Gasteiger charge is 2.31. The average molecular weight is 232 g/mol. The summed E-state index contributed by atoms with van der Waals surface area (Å²) in [5.74, 6) is 0. The molecule has 1 heterocycles. The lowest BCUT2D eigenvalue weighted by Gasteiger charge is -2.27. The molecule has 1 aromatic carbocycles. The van der Waals surface area contributed by atoms with Gasteiger partial charge in [-0.3, -0.25) is 0 Å². The van der Waals surface area contributed by atoms with Crippen LogP contribution >= 0.6 is 11.3 Å². The number of benzene rings is 1. The van der Waals surface area contributed by atoms with Crippen molar-refractivity contribution in [3.63, 3.8) is 0 Å². The second-order valence-electron chi connectivity index (χ2n) is 3.97. The van der Waals surface area contributed by atoms with Crippen molar-refractivity contribution in [1.82, 2.24) is 0 Å². The average Bonchev–Trinajstić information content (AvgIpc) is 2.76. The molecule has 1 nitrogen and oxygen atoms in total. The van der Waals surface area contributed by atoms with Crippen LogP contribution in [0.25, 0.3) is 0 Å². The molecular weight excluding hydrogens is 216 g/mol. The van der Waals surface area contributed by atoms with E-state index in [1.165, 1.54) is 4.88 Å². The third kappa shape index (κ3) is 1.79. The third-order valence-electron chi connectivity index (χ3n) is 3.07. The Bertz CT molecular complexity index is 461. The van der Waals surface area contributed by atoms with Crippen LogP contribution in [0, 0.1) is 6.92 Å². The maximum atomic E-state index is 10.8. The summed E-state index contributed by atoms with van der Waals surface area (Å²) in [5, 5.41) is 12.9. The highest BCUT2D eigenvalue weighted by Crippen LogP contribution is 2.36. The molecule has 0 spiro atoms. The van der Waals surface area contributed by atoms with Gasteiger partial charge in [0, 0.05) is 10.4 Å². The number of aryl methyl sites for hydroxylation is 1. The van der Waals surface area contributed by atoms with Gasteiger partial charge in [0.05, 0.1) is 0 Å². The summed E-state index contributed by atoms with van der Waals surface area (Å²) < 4.78 is 0. The van der Waals surface area contributed by atoms with Crippen molar-refractivity contribution >= 4 is 11.3 Å². The zero-order chi connectivity index (χ0) is 11.6. The Labute approximate surface area is 100 Å². The molecule has 84 valence electrons. The maximum Gasteiger partial charge on any atom is 0.115 e. The number of rotatable bonds is 3. The van der Waals surface area contributed by atoms with Crippen LogP contribution in [0.2, 0.25) is 0 Å². The van der Waals surface area contributed by atoms with Crippen LogP contribution in [0.1, 0.15) is 29.3 Å². The van der Waals surface area contributed by atoms with Crippen LogP contribution in [0.5, 0.6) is 0 Å². The van der Waals surface area contributed by atoms with Crippen molar-refractivity contribution in [2.45, 2.75) is 25.9 Å². The summed E-state index contributed by atoms with van der Waals surface area (Å²) in [6.07, 6.45) is 0.689. The van der Waals surface area contributed by atoms with E-state index in [-0.39, 0.29) is 0 Å². The summed E-state index contributed by atoms with van der Waals surface area (Å²) in [6, 6.07) is 11.9. The largest absolute Gasteiger partial charge is 0.380 e. The summed E-state index contributed by atoms with van der Waals surface area (Å²) >= 11 is 1.68. The molecule has 0 amide bonds. The fourth-order valence-corrected chi connectivity index (χ4v) is 2.85. The van der Waals surface area contributed by atoms with Gasteiger partial charge in [-0.15, -0.1) is 11.3 Å². The van der Waals surface area contributed by atoms with E-state index in [9.17, 15) is 5.11 Å². The van der Waals surface area contributed by atoms with Gasteiger partial charge in [0.25, 0.3) is 0 Å². The Kier molecular flexibility index (Phi) is 3.13. The Hall–Kier alpha value is -1.12. The Morgan fingerprint density at radius 3 is 2.38 bits per heavy atom. The zero-order valence-electron chi connectivity index (χ0n) is 9.60. The summed E-state index contributed by atoms with van der Waals surface area (Å²) in [6.45, 7) is 4.08. The van der Waals surface area contributed by atoms with E-state index in [4.69, 9.17) is 0 Å². The van der Waals surface area contributed by atoms with Crippen molar-refractivity contribution < 1.29 is 5.11 Å². The van der Waals surface area contributed by atoms with E-state index in [0.717, 1.165) is 11.1 Å². The van der Waals surface area contributed by atoms with Crippen LogP contribution in [-0.4, -0.2) is 5.11 Å². The van der Waals surface area contributed by atoms with E-state index < -0.39 is 5.60 Å². The first-order valence-electron chi connectivity index (χ1n) is 5.51. The van der Waals surface area contributed by atoms with Gasteiger partial charge in [-0.05, 0) is 30.4 Å². The van der Waals surface area contributed by atoms with Crippen molar-refractivity contribution in [2.24, 2.45) is 0 Å². The van der Waals surface area contributed by atoms with Crippen molar-refractivity contribution in [1.29, 1.82) is 0 Å². The molecule has 16 heavy (non-hydrogen) atoms. The summed E-state index contributed by atoms with van der Waals surface area (Å²) in [4.78, 5) is 1.19. The van der Waals surface area contributed by atoms with Gasteiger partial charge in [-0.25, -0.2) is 0 Å². The number of hydrogen-bond acceptors (Lipinski definition) is 2. The molecule has 1 unspecified atom stereocenters. The summed E-state index contributed by atoms with van der Waals surface area (Å²) in [7, 11) is 0. The van der Waals surface area contributed by atoms with Gasteiger partial charge in [0.15, 0.2) is 0 Å². The van der Waals surface area contributed by atoms with Gasteiger partial charge >= 0.3 is 0 Å². The minimum Gasteiger partial charge on any atom is -0.380 e. The lowest BCUT2D eigenvalue weighted by Crippen LogP contribution is -2.26. The second kappa shape index (κ2) is 4.40. The lowest BCUT2D eigenvalue weighted by molar-refractivity contribution is 0.0764. The van der Waals surface area contributed by atoms with E-state index in [1.807, 2.05) is 48.7 Å². The van der Waals surface area contributed by atoms with Gasteiger partial charge in [-0.2, -0.15) is 0 Å². The van der Waals surface area contributed by atoms with Crippen molar-refractivity contribution in [2.75, 3.05) is 0 Å². The van der Waals surface area contributed by atoms with E-state index in [2.05, 4.69) is 6.92 Å². The first-order valence-corrected chi connectivity index (χ1v) is 6.39. The van der Waals surface area contributed by atoms with E-state index in [0.29, 0.717) is 6.42 Å². The van der Waals surface area contributed by atoms with Crippen molar-refractivity contribution in [3.05, 3.63) is 57.8 Å². The normalized spacial score (nSPS) is 14.7. The standard InChI is InChI=1S/C14H16OS/c1-3-14(15,12-7-5-4-6-8-12)13-9-10-16-11(13)2/h4-10,15H,3H2,1-2H3. The number of aliphatic hydroxyl groups is 1. The Balaban J connectivity index is 2.53. The molecule has 1 N–H and O–H groups in total. The van der Waals surface area contributed by atoms with E-state index in [1.54, 1.807) is 11.3 Å². The molecule has 2 aromatic rings.